The van der Waals surface area contributed by atoms with Crippen LogP contribution in [-0.2, 0) is 9.53 Å². The molecule has 3 heteroatoms. The minimum atomic E-state index is -0.779. The topological polar surface area (TPSA) is 46.5 Å². The first kappa shape index (κ1) is 7.28. The predicted molar refractivity (Wildman–Crippen MR) is 35.7 cm³/mol. The Hall–Kier alpha value is -0.830. The summed E-state index contributed by atoms with van der Waals surface area (Å²) in [7, 11) is 0. The van der Waals surface area contributed by atoms with Crippen LogP contribution >= 0.6 is 0 Å². The summed E-state index contributed by atoms with van der Waals surface area (Å²) in [5.74, 6) is -0.779. The molecule has 3 nitrogen and oxygen atoms in total. The molecule has 0 unspecified atom stereocenters. The molecule has 0 saturated carbocycles. The summed E-state index contributed by atoms with van der Waals surface area (Å²) >= 11 is 0. The molecule has 10 heavy (non-hydrogen) atoms. The second kappa shape index (κ2) is 2.42. The first-order valence-corrected chi connectivity index (χ1v) is 3.13. The van der Waals surface area contributed by atoms with E-state index in [1.165, 1.54) is 0 Å². The van der Waals surface area contributed by atoms with E-state index in [0.29, 0.717) is 19.6 Å². The molecule has 1 aliphatic rings. The van der Waals surface area contributed by atoms with Crippen molar-refractivity contribution in [2.24, 2.45) is 5.41 Å². The number of allylic oxidation sites excluding steroid dienone is 1. The molecule has 0 amide bonds. The van der Waals surface area contributed by atoms with Crippen molar-refractivity contribution >= 4 is 5.97 Å². The Morgan fingerprint density at radius 2 is 2.40 bits per heavy atom. The predicted octanol–water partition coefficient (Wildman–Crippen LogP) is 0.664. The van der Waals surface area contributed by atoms with Crippen molar-refractivity contribution in [3.8, 4) is 0 Å². The maximum absolute atomic E-state index is 10.6. The number of ether oxygens (including phenoxy) is 1. The van der Waals surface area contributed by atoms with Crippen LogP contribution in [0.2, 0.25) is 0 Å². The van der Waals surface area contributed by atoms with Gasteiger partial charge < -0.3 is 9.84 Å². The quantitative estimate of drug-likeness (QED) is 0.589. The van der Waals surface area contributed by atoms with Gasteiger partial charge in [-0.25, -0.2) is 0 Å². The first-order chi connectivity index (χ1) is 4.71. The van der Waals surface area contributed by atoms with Crippen molar-refractivity contribution in [3.63, 3.8) is 0 Å². The van der Waals surface area contributed by atoms with Crippen LogP contribution in [-0.4, -0.2) is 24.3 Å². The van der Waals surface area contributed by atoms with Gasteiger partial charge in [0.2, 0.25) is 0 Å². The number of rotatable bonds is 3. The molecule has 1 heterocycles. The van der Waals surface area contributed by atoms with Crippen LogP contribution in [0.25, 0.3) is 0 Å². The Bertz CT molecular complexity index is 158. The number of hydrogen-bond donors (Lipinski definition) is 1. The van der Waals surface area contributed by atoms with E-state index in [1.807, 2.05) is 0 Å². The second-order valence-corrected chi connectivity index (χ2v) is 2.57. The van der Waals surface area contributed by atoms with Crippen molar-refractivity contribution in [2.45, 2.75) is 6.42 Å². The highest BCUT2D eigenvalue weighted by Gasteiger charge is 2.44. The van der Waals surface area contributed by atoms with Gasteiger partial charge in [0.05, 0.1) is 13.2 Å². The highest BCUT2D eigenvalue weighted by Crippen LogP contribution is 2.31. The lowest BCUT2D eigenvalue weighted by atomic mass is 9.83. The molecule has 0 aliphatic carbocycles. The molecule has 1 N–H and O–H groups in total. The molecule has 1 saturated heterocycles. The molecular formula is C7H10O3. The van der Waals surface area contributed by atoms with E-state index in [-0.39, 0.29) is 0 Å². The van der Waals surface area contributed by atoms with Crippen molar-refractivity contribution in [3.05, 3.63) is 12.7 Å². The van der Waals surface area contributed by atoms with Crippen LogP contribution in [0.5, 0.6) is 0 Å². The van der Waals surface area contributed by atoms with Gasteiger partial charge in [-0.15, -0.1) is 6.58 Å². The Kier molecular flexibility index (Phi) is 1.76. The molecule has 0 atom stereocenters. The van der Waals surface area contributed by atoms with Crippen molar-refractivity contribution in [1.29, 1.82) is 0 Å². The van der Waals surface area contributed by atoms with Gasteiger partial charge in [-0.05, 0) is 6.42 Å². The van der Waals surface area contributed by atoms with E-state index in [1.54, 1.807) is 6.08 Å². The minimum absolute atomic E-state index is 0.328. The maximum atomic E-state index is 10.6. The normalized spacial score (nSPS) is 21.2. The van der Waals surface area contributed by atoms with Crippen LogP contribution < -0.4 is 0 Å². The molecular weight excluding hydrogens is 132 g/mol. The molecule has 0 bridgehead atoms. The maximum Gasteiger partial charge on any atom is 0.314 e. The van der Waals surface area contributed by atoms with Crippen molar-refractivity contribution in [1.82, 2.24) is 0 Å². The molecule has 0 aromatic carbocycles. The lowest BCUT2D eigenvalue weighted by molar-refractivity contribution is -0.178. The molecule has 0 spiro atoms. The van der Waals surface area contributed by atoms with Gasteiger partial charge in [-0.1, -0.05) is 6.08 Å². The van der Waals surface area contributed by atoms with Gasteiger partial charge in [0.25, 0.3) is 0 Å². The largest absolute Gasteiger partial charge is 0.481 e. The lowest BCUT2D eigenvalue weighted by Gasteiger charge is -2.36. The summed E-state index contributed by atoms with van der Waals surface area (Å²) in [6, 6.07) is 0. The summed E-state index contributed by atoms with van der Waals surface area (Å²) in [6.07, 6.45) is 2.12. The van der Waals surface area contributed by atoms with Gasteiger partial charge in [0.15, 0.2) is 0 Å². The molecule has 0 radical (unpaired) electrons. The summed E-state index contributed by atoms with van der Waals surface area (Å²) in [4.78, 5) is 10.6. The van der Waals surface area contributed by atoms with E-state index in [2.05, 4.69) is 6.58 Å². The third-order valence-corrected chi connectivity index (χ3v) is 1.75. The van der Waals surface area contributed by atoms with Gasteiger partial charge in [-0.3, -0.25) is 4.79 Å². The smallest absolute Gasteiger partial charge is 0.314 e. The summed E-state index contributed by atoms with van der Waals surface area (Å²) in [6.45, 7) is 4.15. The molecule has 0 aromatic rings. The van der Waals surface area contributed by atoms with Gasteiger partial charge >= 0.3 is 5.97 Å². The Morgan fingerprint density at radius 1 is 1.80 bits per heavy atom. The van der Waals surface area contributed by atoms with Gasteiger partial charge in [0.1, 0.15) is 5.41 Å². The van der Waals surface area contributed by atoms with Crippen LogP contribution in [0.4, 0.5) is 0 Å². The molecule has 1 rings (SSSR count). The monoisotopic (exact) mass is 142 g/mol. The van der Waals surface area contributed by atoms with Crippen LogP contribution in [0.1, 0.15) is 6.42 Å². The number of hydrogen-bond acceptors (Lipinski definition) is 2. The molecule has 0 aromatic heterocycles. The van der Waals surface area contributed by atoms with E-state index in [0.717, 1.165) is 0 Å². The SMILES string of the molecule is C=CCC1(C(=O)O)COC1. The number of aliphatic carboxylic acids is 1. The number of carboxylic acids is 1. The average molecular weight is 142 g/mol. The Balaban J connectivity index is 2.58. The molecule has 1 aliphatic heterocycles. The van der Waals surface area contributed by atoms with Crippen LogP contribution in [0.3, 0.4) is 0 Å². The fraction of sp³-hybridized carbons (Fsp3) is 0.571. The zero-order valence-corrected chi connectivity index (χ0v) is 5.67. The summed E-state index contributed by atoms with van der Waals surface area (Å²) in [5, 5.41) is 8.69. The van der Waals surface area contributed by atoms with E-state index >= 15 is 0 Å². The highest BCUT2D eigenvalue weighted by molar-refractivity contribution is 5.76. The van der Waals surface area contributed by atoms with Gasteiger partial charge in [0, 0.05) is 0 Å². The van der Waals surface area contributed by atoms with E-state index in [9.17, 15) is 4.79 Å². The zero-order chi connectivity index (χ0) is 7.61. The Morgan fingerprint density at radius 3 is 2.50 bits per heavy atom. The average Bonchev–Trinajstić information content (AvgIpc) is 1.77. The van der Waals surface area contributed by atoms with E-state index < -0.39 is 11.4 Å². The molecule has 1 fully saturated rings. The third kappa shape index (κ3) is 0.926. The van der Waals surface area contributed by atoms with Crippen molar-refractivity contribution < 1.29 is 14.6 Å². The Labute approximate surface area is 59.3 Å². The minimum Gasteiger partial charge on any atom is -0.481 e. The summed E-state index contributed by atoms with van der Waals surface area (Å²) in [5.41, 5.74) is -0.651. The second-order valence-electron chi connectivity index (χ2n) is 2.57. The third-order valence-electron chi connectivity index (χ3n) is 1.75. The molecule has 56 valence electrons. The van der Waals surface area contributed by atoms with E-state index in [4.69, 9.17) is 9.84 Å². The van der Waals surface area contributed by atoms with Gasteiger partial charge in [-0.2, -0.15) is 0 Å². The zero-order valence-electron chi connectivity index (χ0n) is 5.67. The first-order valence-electron chi connectivity index (χ1n) is 3.13. The highest BCUT2D eigenvalue weighted by atomic mass is 16.5. The van der Waals surface area contributed by atoms with Crippen LogP contribution in [0.15, 0.2) is 12.7 Å². The lowest BCUT2D eigenvalue weighted by Crippen LogP contribution is -2.48. The fourth-order valence-corrected chi connectivity index (χ4v) is 0.953. The summed E-state index contributed by atoms with van der Waals surface area (Å²) < 4.78 is 4.82. The number of carboxylic acid groups (broad SMARTS) is 1. The fourth-order valence-electron chi connectivity index (χ4n) is 0.953. The van der Waals surface area contributed by atoms with Crippen molar-refractivity contribution in [2.75, 3.05) is 13.2 Å². The number of carbonyl (C=O) groups is 1. The standard InChI is InChI=1S/C7H10O3/c1-2-3-7(6(8)9)4-10-5-7/h2H,1,3-5H2,(H,8,9). The van der Waals surface area contributed by atoms with Crippen LogP contribution in [0, 0.1) is 5.41 Å².